The van der Waals surface area contributed by atoms with E-state index in [4.69, 9.17) is 0 Å². The van der Waals surface area contributed by atoms with Gasteiger partial charge in [-0.05, 0) is 47.7 Å². The van der Waals surface area contributed by atoms with E-state index >= 15 is 0 Å². The van der Waals surface area contributed by atoms with Crippen molar-refractivity contribution < 1.29 is 4.79 Å². The Balaban J connectivity index is 1.44. The van der Waals surface area contributed by atoms with Crippen LogP contribution in [0.4, 0.5) is 0 Å². The van der Waals surface area contributed by atoms with Crippen molar-refractivity contribution in [2.75, 3.05) is 5.75 Å². The van der Waals surface area contributed by atoms with E-state index in [0.717, 1.165) is 22.4 Å². The van der Waals surface area contributed by atoms with Gasteiger partial charge in [-0.1, -0.05) is 74.5 Å². The molecule has 0 unspecified atom stereocenters. The van der Waals surface area contributed by atoms with E-state index in [1.165, 1.54) is 17.3 Å². The third kappa shape index (κ3) is 6.22. The molecule has 0 saturated carbocycles. The van der Waals surface area contributed by atoms with Gasteiger partial charge in [-0.2, -0.15) is 5.10 Å². The number of nitrogens with one attached hydrogen (secondary N) is 1. The summed E-state index contributed by atoms with van der Waals surface area (Å²) in [4.78, 5) is 16.5. The molecule has 7 nitrogen and oxygen atoms in total. The number of nitrogens with zero attached hydrogens (tertiary/aromatic N) is 5. The standard InChI is InChI=1S/C27H28N6OS/c1-19-5-11-23(12-6-19)33-25(21-13-15-28-16-14-21)31-32-26(33)35-18-24(34)30-29-17-20-7-9-22(10-8-20)27(2,3)4/h5-17H,18H2,1-4H3,(H,30,34)/b29-17-. The van der Waals surface area contributed by atoms with Gasteiger partial charge in [-0.25, -0.2) is 5.43 Å². The summed E-state index contributed by atoms with van der Waals surface area (Å²) < 4.78 is 1.95. The van der Waals surface area contributed by atoms with Crippen LogP contribution in [0, 0.1) is 6.92 Å². The zero-order valence-electron chi connectivity index (χ0n) is 20.3. The highest BCUT2D eigenvalue weighted by molar-refractivity contribution is 7.99. The van der Waals surface area contributed by atoms with Gasteiger partial charge in [0, 0.05) is 23.6 Å². The molecular formula is C27H28N6OS. The summed E-state index contributed by atoms with van der Waals surface area (Å²) >= 11 is 1.31. The summed E-state index contributed by atoms with van der Waals surface area (Å²) in [5.41, 5.74) is 7.84. The highest BCUT2D eigenvalue weighted by atomic mass is 32.2. The number of hydrazone groups is 1. The SMILES string of the molecule is Cc1ccc(-n2c(SCC(=O)N/N=C\c3ccc(C(C)(C)C)cc3)nnc2-c2ccncc2)cc1. The van der Waals surface area contributed by atoms with Crippen molar-refractivity contribution in [3.8, 4) is 17.1 Å². The Bertz CT molecular complexity index is 1310. The van der Waals surface area contributed by atoms with Crippen molar-refractivity contribution in [3.05, 3.63) is 89.7 Å². The first kappa shape index (κ1) is 24.3. The average Bonchev–Trinajstić information content (AvgIpc) is 3.27. The number of benzene rings is 2. The molecule has 8 heteroatoms. The third-order valence-corrected chi connectivity index (χ3v) is 6.30. The van der Waals surface area contributed by atoms with Crippen molar-refractivity contribution >= 4 is 23.9 Å². The lowest BCUT2D eigenvalue weighted by molar-refractivity contribution is -0.118. The Morgan fingerprint density at radius 3 is 2.34 bits per heavy atom. The molecule has 0 atom stereocenters. The highest BCUT2D eigenvalue weighted by Gasteiger charge is 2.17. The normalized spacial score (nSPS) is 11.7. The van der Waals surface area contributed by atoms with E-state index in [0.29, 0.717) is 11.0 Å². The molecule has 2 aromatic heterocycles. The summed E-state index contributed by atoms with van der Waals surface area (Å²) in [5, 5.41) is 13.5. The van der Waals surface area contributed by atoms with Crippen LogP contribution >= 0.6 is 11.8 Å². The number of aromatic nitrogens is 4. The zero-order valence-corrected chi connectivity index (χ0v) is 21.1. The number of carbonyl (C=O) groups excluding carboxylic acids is 1. The van der Waals surface area contributed by atoms with Crippen LogP contribution in [0.25, 0.3) is 17.1 Å². The first-order valence-corrected chi connectivity index (χ1v) is 12.3. The van der Waals surface area contributed by atoms with Crippen LogP contribution in [-0.2, 0) is 10.2 Å². The lowest BCUT2D eigenvalue weighted by atomic mass is 9.87. The first-order chi connectivity index (χ1) is 16.8. The van der Waals surface area contributed by atoms with Crippen LogP contribution in [0.5, 0.6) is 0 Å². The highest BCUT2D eigenvalue weighted by Crippen LogP contribution is 2.28. The van der Waals surface area contributed by atoms with E-state index in [1.54, 1.807) is 18.6 Å². The van der Waals surface area contributed by atoms with E-state index in [-0.39, 0.29) is 17.1 Å². The van der Waals surface area contributed by atoms with E-state index in [2.05, 4.69) is 58.6 Å². The van der Waals surface area contributed by atoms with Crippen molar-refractivity contribution in [2.45, 2.75) is 38.3 Å². The maximum absolute atomic E-state index is 12.5. The van der Waals surface area contributed by atoms with Crippen LogP contribution in [0.2, 0.25) is 0 Å². The van der Waals surface area contributed by atoms with Crippen LogP contribution in [0.3, 0.4) is 0 Å². The first-order valence-electron chi connectivity index (χ1n) is 11.3. The average molecular weight is 485 g/mol. The van der Waals surface area contributed by atoms with Gasteiger partial charge in [0.15, 0.2) is 11.0 Å². The number of pyridine rings is 1. The number of thioether (sulfide) groups is 1. The third-order valence-electron chi connectivity index (χ3n) is 5.38. The quantitative estimate of drug-likeness (QED) is 0.222. The Kier molecular flexibility index (Phi) is 7.41. The Morgan fingerprint density at radius 2 is 1.69 bits per heavy atom. The molecule has 0 bridgehead atoms. The molecule has 0 saturated heterocycles. The molecule has 0 spiro atoms. The number of rotatable bonds is 7. The predicted molar refractivity (Wildman–Crippen MR) is 141 cm³/mol. The second-order valence-electron chi connectivity index (χ2n) is 9.17. The second-order valence-corrected chi connectivity index (χ2v) is 10.1. The van der Waals surface area contributed by atoms with E-state index < -0.39 is 0 Å². The fraction of sp³-hybridized carbons (Fsp3) is 0.222. The van der Waals surface area contributed by atoms with Crippen molar-refractivity contribution in [2.24, 2.45) is 5.10 Å². The predicted octanol–water partition coefficient (Wildman–Crippen LogP) is 5.18. The summed E-state index contributed by atoms with van der Waals surface area (Å²) in [6.07, 6.45) is 5.09. The maximum Gasteiger partial charge on any atom is 0.250 e. The summed E-state index contributed by atoms with van der Waals surface area (Å²) in [6.45, 7) is 8.56. The molecule has 0 aliphatic heterocycles. The Morgan fingerprint density at radius 1 is 1.00 bits per heavy atom. The minimum absolute atomic E-state index is 0.0948. The number of hydrogen-bond donors (Lipinski definition) is 1. The molecule has 0 aliphatic carbocycles. The van der Waals surface area contributed by atoms with Crippen molar-refractivity contribution in [3.63, 3.8) is 0 Å². The van der Waals surface area contributed by atoms with Gasteiger partial charge in [0.2, 0.25) is 0 Å². The van der Waals surface area contributed by atoms with Crippen molar-refractivity contribution in [1.29, 1.82) is 0 Å². The van der Waals surface area contributed by atoms with Gasteiger partial charge in [-0.3, -0.25) is 14.3 Å². The minimum atomic E-state index is -0.221. The summed E-state index contributed by atoms with van der Waals surface area (Å²) in [6, 6.07) is 20.0. The lowest BCUT2D eigenvalue weighted by Gasteiger charge is -2.18. The summed E-state index contributed by atoms with van der Waals surface area (Å²) in [5.74, 6) is 0.623. The second kappa shape index (κ2) is 10.7. The van der Waals surface area contributed by atoms with Crippen LogP contribution in [0.15, 0.2) is 83.3 Å². The molecule has 0 aliphatic rings. The molecule has 35 heavy (non-hydrogen) atoms. The van der Waals surface area contributed by atoms with Crippen LogP contribution in [0.1, 0.15) is 37.5 Å². The molecule has 4 aromatic rings. The Labute approximate surface area is 209 Å². The van der Waals surface area contributed by atoms with Gasteiger partial charge >= 0.3 is 0 Å². The topological polar surface area (TPSA) is 85.1 Å². The molecule has 4 rings (SSSR count). The van der Waals surface area contributed by atoms with Gasteiger partial charge < -0.3 is 0 Å². The molecule has 1 N–H and O–H groups in total. The van der Waals surface area contributed by atoms with Crippen molar-refractivity contribution in [1.82, 2.24) is 25.2 Å². The maximum atomic E-state index is 12.5. The van der Waals surface area contributed by atoms with Gasteiger partial charge in [0.1, 0.15) is 0 Å². The molecule has 0 radical (unpaired) electrons. The summed E-state index contributed by atoms with van der Waals surface area (Å²) in [7, 11) is 0. The number of carbonyl (C=O) groups is 1. The van der Waals surface area contributed by atoms with Gasteiger partial charge in [-0.15, -0.1) is 10.2 Å². The monoisotopic (exact) mass is 484 g/mol. The number of hydrogen-bond acceptors (Lipinski definition) is 6. The molecule has 0 fully saturated rings. The Hall–Kier alpha value is -3.78. The number of amides is 1. The van der Waals surface area contributed by atoms with Gasteiger partial charge in [0.25, 0.3) is 5.91 Å². The molecule has 1 amide bonds. The fourth-order valence-corrected chi connectivity index (χ4v) is 4.13. The fourth-order valence-electron chi connectivity index (χ4n) is 3.39. The molecule has 2 aromatic carbocycles. The molecule has 178 valence electrons. The van der Waals surface area contributed by atoms with E-state index in [9.17, 15) is 4.79 Å². The van der Waals surface area contributed by atoms with E-state index in [1.807, 2.05) is 60.0 Å². The van der Waals surface area contributed by atoms with Gasteiger partial charge in [0.05, 0.1) is 12.0 Å². The van der Waals surface area contributed by atoms with Crippen LogP contribution < -0.4 is 5.43 Å². The lowest BCUT2D eigenvalue weighted by Crippen LogP contribution is -2.20. The molecular weight excluding hydrogens is 456 g/mol. The largest absolute Gasteiger partial charge is 0.272 e. The minimum Gasteiger partial charge on any atom is -0.272 e. The number of aryl methyl sites for hydroxylation is 1. The molecule has 2 heterocycles. The van der Waals surface area contributed by atoms with Crippen LogP contribution in [-0.4, -0.2) is 37.6 Å². The smallest absolute Gasteiger partial charge is 0.250 e. The zero-order chi connectivity index (χ0) is 24.8.